The predicted octanol–water partition coefficient (Wildman–Crippen LogP) is 8.15. The van der Waals surface area contributed by atoms with Gasteiger partial charge in [-0.3, -0.25) is 14.2 Å². The van der Waals surface area contributed by atoms with Gasteiger partial charge in [-0.1, -0.05) is 154 Å². The lowest BCUT2D eigenvalue weighted by Gasteiger charge is -2.44. The van der Waals surface area contributed by atoms with E-state index < -0.39 is 42.2 Å². The molecular weight excluding hydrogens is 793 g/mol. The van der Waals surface area contributed by atoms with Crippen LogP contribution in [0.5, 0.6) is 11.5 Å². The third kappa shape index (κ3) is 8.37. The summed E-state index contributed by atoms with van der Waals surface area (Å²) >= 11 is 0. The zero-order valence-electron chi connectivity index (χ0n) is 36.0. The second-order valence-electron chi connectivity index (χ2n) is 16.3. The molecule has 0 amide bonds. The number of benzene rings is 6. The molecule has 0 spiro atoms. The van der Waals surface area contributed by atoms with Crippen molar-refractivity contribution in [1.82, 2.24) is 9.13 Å². The summed E-state index contributed by atoms with van der Waals surface area (Å²) < 4.78 is 28.3. The lowest BCUT2D eigenvalue weighted by molar-refractivity contribution is -0.0150. The molecule has 9 nitrogen and oxygen atoms in total. The number of nitrogens with zero attached hydrogens (tertiary/aromatic N) is 2. The average Bonchev–Trinajstić information content (AvgIpc) is 3.31. The minimum absolute atomic E-state index is 0.0134. The highest BCUT2D eigenvalue weighted by atomic mass is 28.4. The fraction of sp³-hybridized carbons (Fsp3) is 0.212. The molecule has 0 saturated heterocycles. The molecule has 62 heavy (non-hydrogen) atoms. The van der Waals surface area contributed by atoms with Crippen LogP contribution in [0.1, 0.15) is 59.4 Å². The first kappa shape index (κ1) is 43.5. The van der Waals surface area contributed by atoms with Gasteiger partial charge in [0.1, 0.15) is 17.1 Å². The van der Waals surface area contributed by atoms with Gasteiger partial charge in [-0.05, 0) is 75.4 Å². The molecule has 7 aromatic rings. The van der Waals surface area contributed by atoms with E-state index in [2.05, 4.69) is 45.0 Å². The lowest BCUT2D eigenvalue weighted by atomic mass is 9.80. The summed E-state index contributed by atoms with van der Waals surface area (Å²) in [6.07, 6.45) is 1.52. The molecular formula is C52H52N2O7Si. The first-order valence-corrected chi connectivity index (χ1v) is 22.5. The van der Waals surface area contributed by atoms with Crippen molar-refractivity contribution in [2.75, 3.05) is 27.4 Å². The third-order valence-electron chi connectivity index (χ3n) is 11.5. The normalized spacial score (nSPS) is 12.4. The lowest BCUT2D eigenvalue weighted by Crippen LogP contribution is -2.67. The zero-order chi connectivity index (χ0) is 43.9. The first-order chi connectivity index (χ1) is 29.9. The van der Waals surface area contributed by atoms with Crippen molar-refractivity contribution in [3.05, 3.63) is 225 Å². The fourth-order valence-corrected chi connectivity index (χ4v) is 12.9. The molecule has 0 aliphatic carbocycles. The molecule has 0 radical (unpaired) electrons. The van der Waals surface area contributed by atoms with Gasteiger partial charge in [0, 0.05) is 17.3 Å². The second kappa shape index (κ2) is 18.6. The standard InChI is InChI=1S/C52H52N2O7Si/c1-38-35-53(50(57)54(48(38)55)49(56)39-19-11-7-12-20-39)43(37-61-62(51(2,3)4,46-23-15-9-16-24-46)47-25-17-10-18-26-47)36-60-52(40-21-13-8-14-22-40,41-27-31-44(58-5)32-28-41)42-29-33-45(59-6)34-30-42/h7-35,43H,36-37H2,1-6H3/t43-/m1/s1. The van der Waals surface area contributed by atoms with Crippen molar-refractivity contribution < 1.29 is 23.4 Å². The van der Waals surface area contributed by atoms with Crippen LogP contribution in [0, 0.1) is 6.92 Å². The number of carbonyl (C=O) groups excluding carboxylic acids is 1. The fourth-order valence-electron chi connectivity index (χ4n) is 8.34. The van der Waals surface area contributed by atoms with Gasteiger partial charge in [-0.15, -0.1) is 0 Å². The molecule has 1 heterocycles. The van der Waals surface area contributed by atoms with Crippen LogP contribution >= 0.6 is 0 Å². The van der Waals surface area contributed by atoms with E-state index >= 15 is 0 Å². The van der Waals surface area contributed by atoms with Gasteiger partial charge in [0.15, 0.2) is 0 Å². The van der Waals surface area contributed by atoms with E-state index in [0.29, 0.717) is 11.5 Å². The number of ether oxygens (including phenoxy) is 3. The van der Waals surface area contributed by atoms with Crippen LogP contribution in [0.25, 0.3) is 0 Å². The van der Waals surface area contributed by atoms with E-state index in [4.69, 9.17) is 18.6 Å². The minimum Gasteiger partial charge on any atom is -0.497 e. The van der Waals surface area contributed by atoms with Crippen molar-refractivity contribution in [2.24, 2.45) is 0 Å². The summed E-state index contributed by atoms with van der Waals surface area (Å²) in [4.78, 5) is 42.8. The largest absolute Gasteiger partial charge is 0.497 e. The molecule has 0 bridgehead atoms. The third-order valence-corrected chi connectivity index (χ3v) is 16.5. The zero-order valence-corrected chi connectivity index (χ0v) is 37.0. The van der Waals surface area contributed by atoms with E-state index in [1.54, 1.807) is 51.5 Å². The van der Waals surface area contributed by atoms with Crippen LogP contribution in [0.15, 0.2) is 186 Å². The molecule has 316 valence electrons. The molecule has 0 fully saturated rings. The van der Waals surface area contributed by atoms with E-state index in [-0.39, 0.29) is 24.3 Å². The van der Waals surface area contributed by atoms with Gasteiger partial charge in [0.25, 0.3) is 19.8 Å². The Morgan fingerprint density at radius 2 is 1.03 bits per heavy atom. The Morgan fingerprint density at radius 3 is 1.48 bits per heavy atom. The van der Waals surface area contributed by atoms with E-state index in [0.717, 1.165) is 31.6 Å². The minimum atomic E-state index is -3.20. The Morgan fingerprint density at radius 1 is 0.597 bits per heavy atom. The summed E-state index contributed by atoms with van der Waals surface area (Å²) in [5.41, 5.74) is 0.114. The molecule has 0 saturated carbocycles. The molecule has 0 aliphatic rings. The quantitative estimate of drug-likeness (QED) is 0.0760. The molecule has 1 atom stereocenters. The van der Waals surface area contributed by atoms with Gasteiger partial charge >= 0.3 is 5.69 Å². The number of aromatic nitrogens is 2. The monoisotopic (exact) mass is 844 g/mol. The van der Waals surface area contributed by atoms with Crippen LogP contribution in [-0.4, -0.2) is 50.8 Å². The van der Waals surface area contributed by atoms with Gasteiger partial charge in [-0.2, -0.15) is 4.57 Å². The van der Waals surface area contributed by atoms with E-state index in [1.807, 2.05) is 115 Å². The van der Waals surface area contributed by atoms with Crippen LogP contribution in [0.4, 0.5) is 0 Å². The van der Waals surface area contributed by atoms with Gasteiger partial charge in [0.05, 0.1) is 33.5 Å². The summed E-state index contributed by atoms with van der Waals surface area (Å²) in [5, 5.41) is 1.71. The topological polar surface area (TPSA) is 98.0 Å². The smallest absolute Gasteiger partial charge is 0.338 e. The van der Waals surface area contributed by atoms with Crippen LogP contribution in [0.2, 0.25) is 5.04 Å². The van der Waals surface area contributed by atoms with Crippen LogP contribution < -0.4 is 31.1 Å². The molecule has 10 heteroatoms. The summed E-state index contributed by atoms with van der Waals surface area (Å²) in [6, 6.07) is 53.3. The maximum Gasteiger partial charge on any atom is 0.338 e. The Labute approximate surface area is 363 Å². The SMILES string of the molecule is COc1ccc(C(OC[C@H](CO[Si](c2ccccc2)(c2ccccc2)C(C)(C)C)n2cc(C)c(=O)n(C(=O)c3ccccc3)c2=O)(c2ccccc2)c2ccc(OC)cc2)cc1. The Bertz CT molecular complexity index is 2610. The number of carbonyl (C=O) groups is 1. The van der Waals surface area contributed by atoms with Crippen molar-refractivity contribution in [3.63, 3.8) is 0 Å². The van der Waals surface area contributed by atoms with E-state index in [9.17, 15) is 14.4 Å². The summed E-state index contributed by atoms with van der Waals surface area (Å²) in [6.45, 7) is 8.06. The number of aryl methyl sites for hydroxylation is 1. The van der Waals surface area contributed by atoms with Gasteiger partial charge < -0.3 is 18.6 Å². The molecule has 0 N–H and O–H groups in total. The average molecular weight is 845 g/mol. The Hall–Kier alpha value is -6.59. The highest BCUT2D eigenvalue weighted by molar-refractivity contribution is 6.99. The molecule has 0 unspecified atom stereocenters. The maximum atomic E-state index is 14.9. The Balaban J connectivity index is 1.45. The summed E-state index contributed by atoms with van der Waals surface area (Å²) in [5.74, 6) is 0.629. The van der Waals surface area contributed by atoms with Crippen molar-refractivity contribution in [1.29, 1.82) is 0 Å². The summed E-state index contributed by atoms with van der Waals surface area (Å²) in [7, 11) is 0.0482. The molecule has 6 aromatic carbocycles. The van der Waals surface area contributed by atoms with Gasteiger partial charge in [0.2, 0.25) is 0 Å². The van der Waals surface area contributed by atoms with Crippen molar-refractivity contribution >= 4 is 24.6 Å². The molecule has 7 rings (SSSR count). The van der Waals surface area contributed by atoms with Crippen molar-refractivity contribution in [3.8, 4) is 11.5 Å². The van der Waals surface area contributed by atoms with Gasteiger partial charge in [-0.25, -0.2) is 4.79 Å². The second-order valence-corrected chi connectivity index (χ2v) is 20.6. The van der Waals surface area contributed by atoms with Crippen LogP contribution in [0.3, 0.4) is 0 Å². The molecule has 0 aliphatic heterocycles. The maximum absolute atomic E-state index is 14.9. The van der Waals surface area contributed by atoms with E-state index in [1.165, 1.54) is 10.8 Å². The number of rotatable bonds is 15. The highest BCUT2D eigenvalue weighted by Gasteiger charge is 2.51. The predicted molar refractivity (Wildman–Crippen MR) is 247 cm³/mol. The van der Waals surface area contributed by atoms with Crippen molar-refractivity contribution in [2.45, 2.75) is 44.4 Å². The Kier molecular flexibility index (Phi) is 13.0. The van der Waals surface area contributed by atoms with Crippen LogP contribution in [-0.2, 0) is 14.8 Å². The first-order valence-electron chi connectivity index (χ1n) is 20.6. The number of hydrogen-bond acceptors (Lipinski definition) is 7. The molecule has 1 aromatic heterocycles. The number of methoxy groups -OCH3 is 2. The highest BCUT2D eigenvalue weighted by Crippen LogP contribution is 2.43. The number of hydrogen-bond donors (Lipinski definition) is 0.